The van der Waals surface area contributed by atoms with Gasteiger partial charge in [-0.3, -0.25) is 4.79 Å². The van der Waals surface area contributed by atoms with Gasteiger partial charge in [-0.05, 0) is 43.2 Å². The van der Waals surface area contributed by atoms with Gasteiger partial charge < -0.3 is 16.5 Å². The van der Waals surface area contributed by atoms with E-state index in [4.69, 9.17) is 11.5 Å². The number of halogens is 1. The topological polar surface area (TPSA) is 84.9 Å². The van der Waals surface area contributed by atoms with Gasteiger partial charge in [0.15, 0.2) is 0 Å². The van der Waals surface area contributed by atoms with Gasteiger partial charge in [0.1, 0.15) is 5.82 Å². The lowest BCUT2D eigenvalue weighted by molar-refractivity contribution is 0.100. The lowest BCUT2D eigenvalue weighted by atomic mass is 9.95. The van der Waals surface area contributed by atoms with Gasteiger partial charge in [-0.25, -0.2) is 4.39 Å². The molecule has 0 radical (unpaired) electrons. The van der Waals surface area contributed by atoms with Crippen LogP contribution in [0, 0.1) is 19.7 Å². The van der Waals surface area contributed by atoms with Gasteiger partial charge >= 0.3 is 0 Å². The maximum Gasteiger partial charge on any atom is 0.250 e. The monoisotopic (exact) mass is 297 g/mol. The summed E-state index contributed by atoms with van der Waals surface area (Å²) in [4.78, 5) is 14.7. The van der Waals surface area contributed by atoms with Gasteiger partial charge in [0.05, 0.1) is 11.1 Å². The number of hydrogen-bond acceptors (Lipinski definition) is 2. The van der Waals surface area contributed by atoms with Crippen LogP contribution in [0.2, 0.25) is 0 Å². The van der Waals surface area contributed by atoms with Crippen molar-refractivity contribution < 1.29 is 9.18 Å². The van der Waals surface area contributed by atoms with Gasteiger partial charge in [0.2, 0.25) is 0 Å². The first kappa shape index (κ1) is 14.1. The molecule has 0 bridgehead atoms. The Kier molecular flexibility index (Phi) is 3.13. The zero-order chi connectivity index (χ0) is 16.0. The molecule has 5 N–H and O–H groups in total. The minimum atomic E-state index is -0.663. The first-order chi connectivity index (χ1) is 10.4. The average Bonchev–Trinajstić information content (AvgIpc) is 2.74. The predicted molar refractivity (Wildman–Crippen MR) is 86.1 cm³/mol. The lowest BCUT2D eigenvalue weighted by Crippen LogP contribution is -2.12. The number of aryl methyl sites for hydroxylation is 2. The molecule has 0 saturated carbocycles. The maximum atomic E-state index is 14.7. The summed E-state index contributed by atoms with van der Waals surface area (Å²) in [7, 11) is 0. The fourth-order valence-corrected chi connectivity index (χ4v) is 2.79. The van der Waals surface area contributed by atoms with Crippen molar-refractivity contribution in [3.8, 4) is 11.1 Å². The molecule has 0 aliphatic heterocycles. The van der Waals surface area contributed by atoms with Crippen molar-refractivity contribution in [2.45, 2.75) is 13.8 Å². The van der Waals surface area contributed by atoms with Crippen LogP contribution in [0.15, 0.2) is 30.3 Å². The molecule has 0 spiro atoms. The Labute approximate surface area is 126 Å². The number of rotatable bonds is 2. The fourth-order valence-electron chi connectivity index (χ4n) is 2.79. The number of H-pyrrole nitrogens is 1. The molecule has 1 heterocycles. The predicted octanol–water partition coefficient (Wildman–Crippen LogP) is 3.27. The van der Waals surface area contributed by atoms with E-state index in [0.29, 0.717) is 27.7 Å². The molecular formula is C17H16FN3O. The standard InChI is InChI=1S/C17H16FN3O/c1-8-9(2)21-16-12(17(20)22)7-13(18)15(14(8)16)10-4-3-5-11(19)6-10/h3-7,21H,19H2,1-2H3,(H2,20,22). The van der Waals surface area contributed by atoms with E-state index in [2.05, 4.69) is 4.98 Å². The van der Waals surface area contributed by atoms with Crippen molar-refractivity contribution in [1.29, 1.82) is 0 Å². The first-order valence-corrected chi connectivity index (χ1v) is 6.87. The molecule has 3 aromatic rings. The highest BCUT2D eigenvalue weighted by molar-refractivity contribution is 6.10. The number of nitrogen functional groups attached to an aromatic ring is 1. The lowest BCUT2D eigenvalue weighted by Gasteiger charge is -2.10. The van der Waals surface area contributed by atoms with Crippen LogP contribution in [0.3, 0.4) is 0 Å². The smallest absolute Gasteiger partial charge is 0.250 e. The van der Waals surface area contributed by atoms with Crippen LogP contribution < -0.4 is 11.5 Å². The van der Waals surface area contributed by atoms with E-state index in [9.17, 15) is 9.18 Å². The van der Waals surface area contributed by atoms with Crippen LogP contribution in [-0.2, 0) is 0 Å². The van der Waals surface area contributed by atoms with Crippen LogP contribution in [0.4, 0.5) is 10.1 Å². The maximum absolute atomic E-state index is 14.7. The van der Waals surface area contributed by atoms with Gasteiger partial charge in [-0.15, -0.1) is 0 Å². The number of anilines is 1. The Balaban J connectivity index is 2.48. The number of carbonyl (C=O) groups excluding carboxylic acids is 1. The van der Waals surface area contributed by atoms with E-state index in [-0.39, 0.29) is 5.56 Å². The third kappa shape index (κ3) is 2.02. The number of hydrogen-bond donors (Lipinski definition) is 3. The number of primary amides is 1. The minimum Gasteiger partial charge on any atom is -0.399 e. The zero-order valence-electron chi connectivity index (χ0n) is 12.3. The summed E-state index contributed by atoms with van der Waals surface area (Å²) in [6, 6.07) is 8.19. The summed E-state index contributed by atoms with van der Waals surface area (Å²) in [6.45, 7) is 3.76. The number of aromatic amines is 1. The van der Waals surface area contributed by atoms with Crippen LogP contribution in [0.1, 0.15) is 21.6 Å². The summed E-state index contributed by atoms with van der Waals surface area (Å²) >= 11 is 0. The molecule has 5 heteroatoms. The van der Waals surface area contributed by atoms with Crippen molar-refractivity contribution in [2.24, 2.45) is 5.73 Å². The van der Waals surface area contributed by atoms with Gasteiger partial charge in [0.25, 0.3) is 5.91 Å². The van der Waals surface area contributed by atoms with Crippen molar-refractivity contribution in [3.63, 3.8) is 0 Å². The number of nitrogens with one attached hydrogen (secondary N) is 1. The molecule has 1 aromatic heterocycles. The normalized spacial score (nSPS) is 11.0. The number of fused-ring (bicyclic) bond motifs is 1. The highest BCUT2D eigenvalue weighted by Gasteiger charge is 2.20. The molecule has 0 aliphatic rings. The highest BCUT2D eigenvalue weighted by atomic mass is 19.1. The number of carbonyl (C=O) groups is 1. The summed E-state index contributed by atoms with van der Waals surface area (Å²) in [6.07, 6.45) is 0. The Morgan fingerprint density at radius 3 is 2.59 bits per heavy atom. The van der Waals surface area contributed by atoms with E-state index < -0.39 is 11.7 Å². The van der Waals surface area contributed by atoms with Gasteiger partial charge in [0, 0.05) is 22.3 Å². The molecule has 0 saturated heterocycles. The second kappa shape index (κ2) is 4.87. The zero-order valence-corrected chi connectivity index (χ0v) is 12.3. The third-order valence-electron chi connectivity index (χ3n) is 3.97. The molecule has 0 aliphatic carbocycles. The molecule has 0 fully saturated rings. The summed E-state index contributed by atoms with van der Waals surface area (Å²) < 4.78 is 14.7. The molecule has 0 atom stereocenters. The van der Waals surface area contributed by atoms with Gasteiger partial charge in [-0.1, -0.05) is 12.1 Å². The quantitative estimate of drug-likeness (QED) is 0.634. The average molecular weight is 297 g/mol. The Hall–Kier alpha value is -2.82. The van der Waals surface area contributed by atoms with Crippen molar-refractivity contribution in [2.75, 3.05) is 5.73 Å². The molecule has 1 amide bonds. The SMILES string of the molecule is Cc1[nH]c2c(C(N)=O)cc(F)c(-c3cccc(N)c3)c2c1C. The van der Waals surface area contributed by atoms with E-state index in [1.165, 1.54) is 6.07 Å². The Morgan fingerprint density at radius 1 is 1.23 bits per heavy atom. The molecule has 22 heavy (non-hydrogen) atoms. The molecule has 0 unspecified atom stereocenters. The third-order valence-corrected chi connectivity index (χ3v) is 3.97. The molecule has 2 aromatic carbocycles. The van der Waals surface area contributed by atoms with E-state index >= 15 is 0 Å². The first-order valence-electron chi connectivity index (χ1n) is 6.87. The van der Waals surface area contributed by atoms with E-state index in [1.807, 2.05) is 13.8 Å². The summed E-state index contributed by atoms with van der Waals surface area (Å²) in [5, 5.41) is 0.664. The minimum absolute atomic E-state index is 0.149. The number of nitrogens with two attached hydrogens (primary N) is 2. The Bertz CT molecular complexity index is 912. The molecule has 4 nitrogen and oxygen atoms in total. The second-order valence-electron chi connectivity index (χ2n) is 5.40. The molecular weight excluding hydrogens is 281 g/mol. The van der Waals surface area contributed by atoms with Crippen molar-refractivity contribution in [1.82, 2.24) is 4.98 Å². The van der Waals surface area contributed by atoms with E-state index in [1.54, 1.807) is 24.3 Å². The van der Waals surface area contributed by atoms with Crippen LogP contribution in [0.5, 0.6) is 0 Å². The van der Waals surface area contributed by atoms with Crippen molar-refractivity contribution in [3.05, 3.63) is 53.0 Å². The molecule has 3 rings (SSSR count). The van der Waals surface area contributed by atoms with Crippen LogP contribution >= 0.6 is 0 Å². The second-order valence-corrected chi connectivity index (χ2v) is 5.40. The van der Waals surface area contributed by atoms with Crippen LogP contribution in [-0.4, -0.2) is 10.9 Å². The Morgan fingerprint density at radius 2 is 1.95 bits per heavy atom. The number of benzene rings is 2. The fraction of sp³-hybridized carbons (Fsp3) is 0.118. The largest absolute Gasteiger partial charge is 0.399 e. The summed E-state index contributed by atoms with van der Waals surface area (Å²) in [5.74, 6) is -1.15. The number of aromatic nitrogens is 1. The number of amides is 1. The summed E-state index contributed by atoms with van der Waals surface area (Å²) in [5.41, 5.74) is 15.3. The van der Waals surface area contributed by atoms with E-state index in [0.717, 1.165) is 11.3 Å². The highest BCUT2D eigenvalue weighted by Crippen LogP contribution is 2.37. The van der Waals surface area contributed by atoms with Gasteiger partial charge in [-0.2, -0.15) is 0 Å². The van der Waals surface area contributed by atoms with Crippen LogP contribution in [0.25, 0.3) is 22.0 Å². The van der Waals surface area contributed by atoms with Crippen molar-refractivity contribution >= 4 is 22.5 Å². The molecule has 112 valence electrons.